The molecule has 21 heavy (non-hydrogen) atoms. The lowest BCUT2D eigenvalue weighted by Crippen LogP contribution is -2.43. The van der Waals surface area contributed by atoms with Crippen LogP contribution in [0.1, 0.15) is 23.2 Å². The number of para-hydroxylation sites is 1. The number of H-pyrrole nitrogens is 1. The van der Waals surface area contributed by atoms with Gasteiger partial charge in [0.1, 0.15) is 11.6 Å². The molecule has 1 heterocycles. The average molecular weight is 286 g/mol. The van der Waals surface area contributed by atoms with E-state index in [-0.39, 0.29) is 11.5 Å². The molecule has 1 fully saturated rings. The summed E-state index contributed by atoms with van der Waals surface area (Å²) in [5.74, 6) is -1.75. The number of pyridine rings is 1. The van der Waals surface area contributed by atoms with Crippen LogP contribution in [0.25, 0.3) is 10.9 Å². The van der Waals surface area contributed by atoms with Gasteiger partial charge >= 0.3 is 5.97 Å². The second-order valence-corrected chi connectivity index (χ2v) is 5.20. The summed E-state index contributed by atoms with van der Waals surface area (Å²) in [6, 6.07) is 5.93. The molecule has 0 spiro atoms. The van der Waals surface area contributed by atoms with Crippen LogP contribution >= 0.6 is 0 Å². The summed E-state index contributed by atoms with van der Waals surface area (Å²) in [4.78, 5) is 38.5. The Morgan fingerprint density at radius 3 is 2.67 bits per heavy atom. The van der Waals surface area contributed by atoms with E-state index in [4.69, 9.17) is 5.11 Å². The molecule has 1 unspecified atom stereocenters. The maximum Gasteiger partial charge on any atom is 0.326 e. The van der Waals surface area contributed by atoms with Gasteiger partial charge in [-0.05, 0) is 30.9 Å². The van der Waals surface area contributed by atoms with Gasteiger partial charge in [-0.25, -0.2) is 4.79 Å². The molecule has 3 rings (SSSR count). The first kappa shape index (κ1) is 13.4. The first-order valence-electron chi connectivity index (χ1n) is 6.72. The molecule has 1 aromatic heterocycles. The van der Waals surface area contributed by atoms with Gasteiger partial charge in [0.05, 0.1) is 0 Å². The summed E-state index contributed by atoms with van der Waals surface area (Å²) in [5.41, 5.74) is 0.165. The van der Waals surface area contributed by atoms with Crippen molar-refractivity contribution in [3.8, 4) is 0 Å². The fourth-order valence-electron chi connectivity index (χ4n) is 2.37. The highest BCUT2D eigenvalue weighted by Crippen LogP contribution is 2.32. The summed E-state index contributed by atoms with van der Waals surface area (Å²) >= 11 is 0. The van der Waals surface area contributed by atoms with Crippen molar-refractivity contribution < 1.29 is 14.7 Å². The maximum atomic E-state index is 12.3. The number of benzene rings is 1. The lowest BCUT2D eigenvalue weighted by atomic mass is 10.1. The second kappa shape index (κ2) is 5.05. The lowest BCUT2D eigenvalue weighted by molar-refractivity contribution is -0.139. The van der Waals surface area contributed by atoms with Crippen LogP contribution < -0.4 is 10.7 Å². The van der Waals surface area contributed by atoms with Crippen molar-refractivity contribution in [2.75, 3.05) is 0 Å². The number of nitrogens with one attached hydrogen (secondary N) is 2. The van der Waals surface area contributed by atoms with Gasteiger partial charge in [0, 0.05) is 17.1 Å². The number of aromatic amines is 1. The standard InChI is InChI=1S/C15H14N2O4/c18-13-9-3-1-2-4-11(9)16-7-10(13)14(19)17-12(15(20)21)8-5-6-8/h1-4,7-8,12H,5-6H2,(H,16,18)(H,17,19)(H,20,21). The number of aliphatic carboxylic acids is 1. The molecule has 6 heteroatoms. The zero-order valence-corrected chi connectivity index (χ0v) is 11.1. The Morgan fingerprint density at radius 1 is 1.29 bits per heavy atom. The molecule has 0 aliphatic heterocycles. The molecule has 6 nitrogen and oxygen atoms in total. The minimum atomic E-state index is -1.07. The second-order valence-electron chi connectivity index (χ2n) is 5.20. The molecule has 3 N–H and O–H groups in total. The SMILES string of the molecule is O=C(NC(C(=O)O)C1CC1)c1c[nH]c2ccccc2c1=O. The van der Waals surface area contributed by atoms with Crippen molar-refractivity contribution in [1.82, 2.24) is 10.3 Å². The number of carboxylic acid groups (broad SMARTS) is 1. The van der Waals surface area contributed by atoms with Crippen molar-refractivity contribution in [2.45, 2.75) is 18.9 Å². The third kappa shape index (κ3) is 2.52. The van der Waals surface area contributed by atoms with Crippen molar-refractivity contribution in [1.29, 1.82) is 0 Å². The van der Waals surface area contributed by atoms with Crippen LogP contribution in [0.4, 0.5) is 0 Å². The van der Waals surface area contributed by atoms with E-state index >= 15 is 0 Å². The van der Waals surface area contributed by atoms with E-state index in [1.165, 1.54) is 6.20 Å². The molecule has 1 aromatic carbocycles. The Bertz CT molecular complexity index is 777. The fourth-order valence-corrected chi connectivity index (χ4v) is 2.37. The Kier molecular flexibility index (Phi) is 3.21. The van der Waals surface area contributed by atoms with Crippen LogP contribution in [0, 0.1) is 5.92 Å². The van der Waals surface area contributed by atoms with Gasteiger partial charge in [-0.3, -0.25) is 9.59 Å². The molecule has 1 saturated carbocycles. The molecule has 1 amide bonds. The number of rotatable bonds is 4. The van der Waals surface area contributed by atoms with Gasteiger partial charge in [0.2, 0.25) is 5.43 Å². The Labute approximate surface area is 119 Å². The quantitative estimate of drug-likeness (QED) is 0.784. The van der Waals surface area contributed by atoms with Crippen molar-refractivity contribution in [3.63, 3.8) is 0 Å². The number of aromatic nitrogens is 1. The predicted octanol–water partition coefficient (Wildman–Crippen LogP) is 1.12. The smallest absolute Gasteiger partial charge is 0.326 e. The highest BCUT2D eigenvalue weighted by Gasteiger charge is 2.37. The summed E-state index contributed by atoms with van der Waals surface area (Å²) in [7, 11) is 0. The molecule has 1 aliphatic carbocycles. The van der Waals surface area contributed by atoms with Gasteiger partial charge in [0.25, 0.3) is 5.91 Å². The third-order valence-electron chi connectivity index (χ3n) is 3.68. The van der Waals surface area contributed by atoms with Crippen LogP contribution in [-0.4, -0.2) is 28.0 Å². The van der Waals surface area contributed by atoms with E-state index in [1.807, 2.05) is 0 Å². The largest absolute Gasteiger partial charge is 0.480 e. The number of carbonyl (C=O) groups is 2. The van der Waals surface area contributed by atoms with Gasteiger partial charge in [-0.2, -0.15) is 0 Å². The molecule has 0 saturated heterocycles. The number of carboxylic acids is 1. The zero-order valence-electron chi connectivity index (χ0n) is 11.1. The summed E-state index contributed by atoms with van der Waals surface area (Å²) in [6.07, 6.45) is 2.89. The summed E-state index contributed by atoms with van der Waals surface area (Å²) in [5, 5.41) is 12.0. The molecule has 0 bridgehead atoms. The number of amides is 1. The van der Waals surface area contributed by atoms with Crippen molar-refractivity contribution >= 4 is 22.8 Å². The maximum absolute atomic E-state index is 12.3. The Morgan fingerprint density at radius 2 is 2.00 bits per heavy atom. The van der Waals surface area contributed by atoms with E-state index in [9.17, 15) is 14.4 Å². The first-order valence-corrected chi connectivity index (χ1v) is 6.72. The monoisotopic (exact) mass is 286 g/mol. The van der Waals surface area contributed by atoms with Crippen molar-refractivity contribution in [2.24, 2.45) is 5.92 Å². The van der Waals surface area contributed by atoms with Crippen molar-refractivity contribution in [3.05, 3.63) is 46.2 Å². The topological polar surface area (TPSA) is 99.3 Å². The molecule has 1 aliphatic rings. The molecule has 1 atom stereocenters. The van der Waals surface area contributed by atoms with Crippen LogP contribution in [-0.2, 0) is 4.79 Å². The highest BCUT2D eigenvalue weighted by atomic mass is 16.4. The summed E-state index contributed by atoms with van der Waals surface area (Å²) < 4.78 is 0. The third-order valence-corrected chi connectivity index (χ3v) is 3.68. The number of hydrogen-bond acceptors (Lipinski definition) is 3. The van der Waals surface area contributed by atoms with E-state index in [2.05, 4.69) is 10.3 Å². The molecule has 108 valence electrons. The normalized spacial score (nSPS) is 15.6. The minimum Gasteiger partial charge on any atom is -0.480 e. The fraction of sp³-hybridized carbons (Fsp3) is 0.267. The molecule has 0 radical (unpaired) electrons. The zero-order chi connectivity index (χ0) is 15.0. The van der Waals surface area contributed by atoms with Gasteiger partial charge < -0.3 is 15.4 Å². The van der Waals surface area contributed by atoms with Gasteiger partial charge in [0.15, 0.2) is 0 Å². The first-order chi connectivity index (χ1) is 10.1. The van der Waals surface area contributed by atoms with Crippen LogP contribution in [0.2, 0.25) is 0 Å². The average Bonchev–Trinajstić information content (AvgIpc) is 3.29. The molecular weight excluding hydrogens is 272 g/mol. The molecular formula is C15H14N2O4. The van der Waals surface area contributed by atoms with Crippen LogP contribution in [0.5, 0.6) is 0 Å². The van der Waals surface area contributed by atoms with Gasteiger partial charge in [-0.15, -0.1) is 0 Å². The van der Waals surface area contributed by atoms with Crippen LogP contribution in [0.15, 0.2) is 35.3 Å². The summed E-state index contributed by atoms with van der Waals surface area (Å²) in [6.45, 7) is 0. The van der Waals surface area contributed by atoms with E-state index < -0.39 is 23.3 Å². The highest BCUT2D eigenvalue weighted by molar-refractivity contribution is 5.99. The predicted molar refractivity (Wildman–Crippen MR) is 76.2 cm³/mol. The number of carbonyl (C=O) groups excluding carboxylic acids is 1. The van der Waals surface area contributed by atoms with Crippen LogP contribution in [0.3, 0.4) is 0 Å². The number of hydrogen-bond donors (Lipinski definition) is 3. The Hall–Kier alpha value is -2.63. The molecule has 2 aromatic rings. The van der Waals surface area contributed by atoms with E-state index in [1.54, 1.807) is 24.3 Å². The Balaban J connectivity index is 1.92. The lowest BCUT2D eigenvalue weighted by Gasteiger charge is -2.13. The minimum absolute atomic E-state index is 0.0361. The number of fused-ring (bicyclic) bond motifs is 1. The van der Waals surface area contributed by atoms with E-state index in [0.29, 0.717) is 10.9 Å². The van der Waals surface area contributed by atoms with Gasteiger partial charge in [-0.1, -0.05) is 12.1 Å². The van der Waals surface area contributed by atoms with E-state index in [0.717, 1.165) is 12.8 Å².